The third-order valence-corrected chi connectivity index (χ3v) is 6.73. The number of hydrogen-bond acceptors (Lipinski definition) is 5. The monoisotopic (exact) mass is 416 g/mol. The lowest BCUT2D eigenvalue weighted by atomic mass is 9.88. The largest absolute Gasteiger partial charge is 0.454 e. The van der Waals surface area contributed by atoms with Crippen LogP contribution in [-0.4, -0.2) is 55.5 Å². The van der Waals surface area contributed by atoms with Gasteiger partial charge >= 0.3 is 0 Å². The molecule has 2 atom stereocenters. The number of benzene rings is 1. The zero-order valence-corrected chi connectivity index (χ0v) is 18.6. The SMILES string of the molecule is CC(C)C(=O)NC[C@H]1CCC2(CCN(C[C@H](C)Cc3ccc4c(c3)OCO4)CC2)O1. The molecule has 0 unspecified atom stereocenters. The van der Waals surface area contributed by atoms with E-state index in [0.29, 0.717) is 19.3 Å². The molecule has 1 amide bonds. The van der Waals surface area contributed by atoms with Crippen LogP contribution in [0.5, 0.6) is 11.5 Å². The van der Waals surface area contributed by atoms with Gasteiger partial charge in [0.25, 0.3) is 0 Å². The van der Waals surface area contributed by atoms with Crippen LogP contribution >= 0.6 is 0 Å². The lowest BCUT2D eigenvalue weighted by Gasteiger charge is -2.40. The molecule has 0 bridgehead atoms. The number of ether oxygens (including phenoxy) is 3. The Morgan fingerprint density at radius 1 is 1.17 bits per heavy atom. The molecule has 6 nitrogen and oxygen atoms in total. The van der Waals surface area contributed by atoms with Gasteiger partial charge in [-0.3, -0.25) is 4.79 Å². The first-order valence-electron chi connectivity index (χ1n) is 11.5. The van der Waals surface area contributed by atoms with Crippen molar-refractivity contribution in [3.8, 4) is 11.5 Å². The normalized spacial score (nSPS) is 23.8. The molecule has 6 heteroatoms. The summed E-state index contributed by atoms with van der Waals surface area (Å²) < 4.78 is 17.4. The quantitative estimate of drug-likeness (QED) is 0.738. The van der Waals surface area contributed by atoms with Crippen molar-refractivity contribution >= 4 is 5.91 Å². The number of fused-ring (bicyclic) bond motifs is 1. The highest BCUT2D eigenvalue weighted by Crippen LogP contribution is 2.39. The van der Waals surface area contributed by atoms with E-state index in [0.717, 1.165) is 63.2 Å². The van der Waals surface area contributed by atoms with Gasteiger partial charge in [0.15, 0.2) is 11.5 Å². The van der Waals surface area contributed by atoms with Crippen molar-refractivity contribution in [2.75, 3.05) is 33.0 Å². The predicted octanol–water partition coefficient (Wildman–Crippen LogP) is 3.38. The molecule has 30 heavy (non-hydrogen) atoms. The highest BCUT2D eigenvalue weighted by molar-refractivity contribution is 5.77. The molecule has 0 aliphatic carbocycles. The third-order valence-electron chi connectivity index (χ3n) is 6.73. The topological polar surface area (TPSA) is 60.0 Å². The van der Waals surface area contributed by atoms with E-state index in [2.05, 4.69) is 29.3 Å². The molecular weight excluding hydrogens is 380 g/mol. The fourth-order valence-electron chi connectivity index (χ4n) is 4.94. The van der Waals surface area contributed by atoms with E-state index in [1.54, 1.807) is 0 Å². The minimum atomic E-state index is 0.0308. The van der Waals surface area contributed by atoms with Crippen LogP contribution in [0.3, 0.4) is 0 Å². The molecule has 1 aromatic rings. The molecule has 1 spiro atoms. The Kier molecular flexibility index (Phi) is 6.54. The van der Waals surface area contributed by atoms with Crippen LogP contribution in [0.2, 0.25) is 0 Å². The van der Waals surface area contributed by atoms with E-state index in [1.807, 2.05) is 19.9 Å². The van der Waals surface area contributed by atoms with Crippen molar-refractivity contribution in [1.82, 2.24) is 10.2 Å². The van der Waals surface area contributed by atoms with Gasteiger partial charge in [-0.25, -0.2) is 0 Å². The average Bonchev–Trinajstić information content (AvgIpc) is 3.35. The maximum atomic E-state index is 11.8. The maximum Gasteiger partial charge on any atom is 0.231 e. The number of rotatable bonds is 7. The van der Waals surface area contributed by atoms with Gasteiger partial charge in [-0.05, 0) is 55.7 Å². The first kappa shape index (κ1) is 21.4. The summed E-state index contributed by atoms with van der Waals surface area (Å²) in [4.78, 5) is 14.4. The van der Waals surface area contributed by atoms with Crippen LogP contribution in [0.4, 0.5) is 0 Å². The van der Waals surface area contributed by atoms with Crippen LogP contribution in [-0.2, 0) is 16.0 Å². The molecular formula is C24H36N2O4. The van der Waals surface area contributed by atoms with Crippen molar-refractivity contribution in [1.29, 1.82) is 0 Å². The van der Waals surface area contributed by atoms with Crippen LogP contribution in [0.1, 0.15) is 52.0 Å². The molecule has 0 aromatic heterocycles. The summed E-state index contributed by atoms with van der Waals surface area (Å²) in [6.07, 6.45) is 5.59. The predicted molar refractivity (Wildman–Crippen MR) is 116 cm³/mol. The Balaban J connectivity index is 1.20. The fraction of sp³-hybridized carbons (Fsp3) is 0.708. The second-order valence-electron chi connectivity index (χ2n) is 9.66. The Bertz CT molecular complexity index is 743. The second kappa shape index (κ2) is 9.15. The summed E-state index contributed by atoms with van der Waals surface area (Å²) >= 11 is 0. The summed E-state index contributed by atoms with van der Waals surface area (Å²) in [5.74, 6) is 2.46. The highest BCUT2D eigenvalue weighted by atomic mass is 16.7. The molecule has 3 heterocycles. The zero-order valence-electron chi connectivity index (χ0n) is 18.6. The van der Waals surface area contributed by atoms with E-state index in [4.69, 9.17) is 14.2 Å². The van der Waals surface area contributed by atoms with Crippen molar-refractivity contribution in [2.24, 2.45) is 11.8 Å². The third kappa shape index (κ3) is 5.09. The lowest BCUT2D eigenvalue weighted by Crippen LogP contribution is -2.46. The van der Waals surface area contributed by atoms with Crippen molar-refractivity contribution in [2.45, 2.75) is 64.6 Å². The van der Waals surface area contributed by atoms with Crippen molar-refractivity contribution < 1.29 is 19.0 Å². The van der Waals surface area contributed by atoms with Gasteiger partial charge in [-0.15, -0.1) is 0 Å². The number of likely N-dealkylation sites (tertiary alicyclic amines) is 1. The minimum absolute atomic E-state index is 0.0308. The molecule has 2 fully saturated rings. The molecule has 166 valence electrons. The van der Waals surface area contributed by atoms with Gasteiger partial charge in [-0.1, -0.05) is 26.8 Å². The van der Waals surface area contributed by atoms with Gasteiger partial charge < -0.3 is 24.4 Å². The summed E-state index contributed by atoms with van der Waals surface area (Å²) in [5, 5.41) is 3.03. The number of nitrogens with one attached hydrogen (secondary N) is 1. The lowest BCUT2D eigenvalue weighted by molar-refractivity contribution is -0.125. The van der Waals surface area contributed by atoms with Gasteiger partial charge in [0.05, 0.1) is 11.7 Å². The standard InChI is InChI=1S/C24H36N2O4/c1-17(2)23(27)25-14-20-6-7-24(30-20)8-10-26(11-9-24)15-18(3)12-19-4-5-21-22(13-19)29-16-28-21/h4-5,13,17-18,20H,6-12,14-16H2,1-3H3,(H,25,27)/t18-,20-/m1/s1. The molecule has 3 aliphatic rings. The molecule has 2 saturated heterocycles. The molecule has 0 radical (unpaired) electrons. The second-order valence-corrected chi connectivity index (χ2v) is 9.66. The number of carbonyl (C=O) groups is 1. The van der Waals surface area contributed by atoms with Crippen LogP contribution < -0.4 is 14.8 Å². The van der Waals surface area contributed by atoms with E-state index in [1.165, 1.54) is 5.56 Å². The van der Waals surface area contributed by atoms with E-state index in [9.17, 15) is 4.79 Å². The summed E-state index contributed by atoms with van der Waals surface area (Å²) in [6.45, 7) is 10.5. The number of piperidine rings is 1. The molecule has 1 N–H and O–H groups in total. The highest BCUT2D eigenvalue weighted by Gasteiger charge is 2.42. The first-order chi connectivity index (χ1) is 14.4. The number of nitrogens with zero attached hydrogens (tertiary/aromatic N) is 1. The molecule has 4 rings (SSSR count). The van der Waals surface area contributed by atoms with Crippen LogP contribution in [0.15, 0.2) is 18.2 Å². The van der Waals surface area contributed by atoms with Gasteiger partial charge in [0.2, 0.25) is 12.7 Å². The Hall–Kier alpha value is -1.79. The van der Waals surface area contributed by atoms with Crippen LogP contribution in [0.25, 0.3) is 0 Å². The maximum absolute atomic E-state index is 11.8. The Morgan fingerprint density at radius 2 is 1.93 bits per heavy atom. The smallest absolute Gasteiger partial charge is 0.231 e. The van der Waals surface area contributed by atoms with E-state index >= 15 is 0 Å². The zero-order chi connectivity index (χ0) is 21.1. The Morgan fingerprint density at radius 3 is 2.70 bits per heavy atom. The minimum Gasteiger partial charge on any atom is -0.454 e. The molecule has 1 aromatic carbocycles. The van der Waals surface area contributed by atoms with Gasteiger partial charge in [0.1, 0.15) is 0 Å². The number of carbonyl (C=O) groups excluding carboxylic acids is 1. The molecule has 3 aliphatic heterocycles. The van der Waals surface area contributed by atoms with Crippen LogP contribution in [0, 0.1) is 11.8 Å². The van der Waals surface area contributed by atoms with E-state index < -0.39 is 0 Å². The fourth-order valence-corrected chi connectivity index (χ4v) is 4.94. The number of amides is 1. The molecule has 0 saturated carbocycles. The van der Waals surface area contributed by atoms with Gasteiger partial charge in [0, 0.05) is 32.1 Å². The average molecular weight is 417 g/mol. The summed E-state index contributed by atoms with van der Waals surface area (Å²) in [7, 11) is 0. The van der Waals surface area contributed by atoms with E-state index in [-0.39, 0.29) is 23.5 Å². The van der Waals surface area contributed by atoms with Gasteiger partial charge in [-0.2, -0.15) is 0 Å². The number of hydrogen-bond donors (Lipinski definition) is 1. The summed E-state index contributed by atoms with van der Waals surface area (Å²) in [6, 6.07) is 6.29. The first-order valence-corrected chi connectivity index (χ1v) is 11.5. The van der Waals surface area contributed by atoms with Crippen molar-refractivity contribution in [3.63, 3.8) is 0 Å². The summed E-state index contributed by atoms with van der Waals surface area (Å²) in [5.41, 5.74) is 1.34. The van der Waals surface area contributed by atoms with Crippen molar-refractivity contribution in [3.05, 3.63) is 23.8 Å². The Labute approximate surface area is 180 Å².